The van der Waals surface area contributed by atoms with E-state index in [0.717, 1.165) is 33.8 Å². The first-order valence-electron chi connectivity index (χ1n) is 7.83. The maximum atomic E-state index is 6.28. The van der Waals surface area contributed by atoms with Crippen molar-refractivity contribution < 1.29 is 9.15 Å². The molecule has 0 aliphatic carbocycles. The monoisotopic (exact) mass is 330 g/mol. The molecule has 0 bridgehead atoms. The minimum absolute atomic E-state index is 0.884. The van der Waals surface area contributed by atoms with Crippen LogP contribution in [0.4, 0.5) is 0 Å². The predicted molar refractivity (Wildman–Crippen MR) is 97.8 cm³/mol. The number of benzene rings is 3. The van der Waals surface area contributed by atoms with E-state index in [4.69, 9.17) is 9.15 Å². The Morgan fingerprint density at radius 3 is 2.42 bits per heavy atom. The van der Waals surface area contributed by atoms with Crippen LogP contribution >= 0.6 is 11.8 Å². The van der Waals surface area contributed by atoms with Crippen molar-refractivity contribution in [1.82, 2.24) is 0 Å². The fourth-order valence-corrected chi connectivity index (χ4v) is 4.50. The molecule has 24 heavy (non-hydrogen) atoms. The second kappa shape index (κ2) is 5.18. The second-order valence-electron chi connectivity index (χ2n) is 5.74. The first-order chi connectivity index (χ1) is 11.9. The van der Waals surface area contributed by atoms with Gasteiger partial charge in [0.2, 0.25) is 0 Å². The predicted octanol–water partition coefficient (Wildman–Crippen LogP) is 6.24. The van der Waals surface area contributed by atoms with E-state index in [-0.39, 0.29) is 0 Å². The zero-order chi connectivity index (χ0) is 16.1. The zero-order valence-corrected chi connectivity index (χ0v) is 13.9. The fraction of sp³-hybridized carbons (Fsp3) is 0.0476. The molecule has 0 saturated carbocycles. The summed E-state index contributed by atoms with van der Waals surface area (Å²) >= 11 is 1.77. The van der Waals surface area contributed by atoms with E-state index < -0.39 is 0 Å². The summed E-state index contributed by atoms with van der Waals surface area (Å²) in [6.07, 6.45) is 0. The van der Waals surface area contributed by atoms with Crippen LogP contribution in [0.5, 0.6) is 5.75 Å². The Morgan fingerprint density at radius 1 is 0.792 bits per heavy atom. The third-order valence-corrected chi connectivity index (χ3v) is 5.51. The van der Waals surface area contributed by atoms with Gasteiger partial charge in [-0.3, -0.25) is 0 Å². The smallest absolute Gasteiger partial charge is 0.143 e. The van der Waals surface area contributed by atoms with Gasteiger partial charge in [0.15, 0.2) is 0 Å². The molecule has 0 N–H and O–H groups in total. The van der Waals surface area contributed by atoms with Gasteiger partial charge in [0, 0.05) is 31.9 Å². The molecule has 3 heteroatoms. The lowest BCUT2D eigenvalue weighted by molar-refractivity contribution is 0.415. The molecule has 4 aromatic rings. The van der Waals surface area contributed by atoms with Crippen LogP contribution in [-0.2, 0) is 0 Å². The number of furan rings is 1. The number of methoxy groups -OCH3 is 1. The molecular weight excluding hydrogens is 316 g/mol. The SMILES string of the molecule is COc1cccc2c1-c1c(-c3ccccc3)oc3cccc(c13)S2. The molecule has 0 atom stereocenters. The van der Waals surface area contributed by atoms with Gasteiger partial charge in [-0.05, 0) is 24.3 Å². The number of fused-ring (bicyclic) bond motifs is 2. The quantitative estimate of drug-likeness (QED) is 0.382. The highest BCUT2D eigenvalue weighted by Crippen LogP contribution is 2.55. The Bertz CT molecular complexity index is 1060. The van der Waals surface area contributed by atoms with Crippen molar-refractivity contribution in [3.8, 4) is 28.2 Å². The average Bonchev–Trinajstić information content (AvgIpc) is 3.03. The van der Waals surface area contributed by atoms with Crippen molar-refractivity contribution in [2.24, 2.45) is 0 Å². The van der Waals surface area contributed by atoms with Crippen LogP contribution in [0.3, 0.4) is 0 Å². The molecule has 0 saturated heterocycles. The molecule has 1 aromatic heterocycles. The molecule has 0 fully saturated rings. The van der Waals surface area contributed by atoms with E-state index in [0.29, 0.717) is 0 Å². The van der Waals surface area contributed by atoms with Gasteiger partial charge >= 0.3 is 0 Å². The highest BCUT2D eigenvalue weighted by atomic mass is 32.2. The van der Waals surface area contributed by atoms with Crippen molar-refractivity contribution in [2.75, 3.05) is 7.11 Å². The van der Waals surface area contributed by atoms with Crippen LogP contribution < -0.4 is 4.74 Å². The maximum Gasteiger partial charge on any atom is 0.143 e. The zero-order valence-electron chi connectivity index (χ0n) is 13.1. The number of rotatable bonds is 2. The molecule has 2 nitrogen and oxygen atoms in total. The van der Waals surface area contributed by atoms with Gasteiger partial charge in [0.1, 0.15) is 17.1 Å². The lowest BCUT2D eigenvalue weighted by atomic mass is 9.97. The summed E-state index contributed by atoms with van der Waals surface area (Å²) in [5.41, 5.74) is 4.27. The van der Waals surface area contributed by atoms with Gasteiger partial charge in [-0.15, -0.1) is 0 Å². The molecular formula is C21H14O2S. The summed E-state index contributed by atoms with van der Waals surface area (Å²) in [5, 5.41) is 1.18. The van der Waals surface area contributed by atoms with Gasteiger partial charge in [-0.1, -0.05) is 54.2 Å². The highest BCUT2D eigenvalue weighted by molar-refractivity contribution is 7.99. The Labute approximate surface area is 144 Å². The first-order valence-corrected chi connectivity index (χ1v) is 8.64. The van der Waals surface area contributed by atoms with E-state index in [1.807, 2.05) is 36.4 Å². The Morgan fingerprint density at radius 2 is 1.58 bits per heavy atom. The lowest BCUT2D eigenvalue weighted by Gasteiger charge is -2.19. The maximum absolute atomic E-state index is 6.28. The van der Waals surface area contributed by atoms with E-state index in [1.54, 1.807) is 18.9 Å². The third kappa shape index (κ3) is 1.85. The van der Waals surface area contributed by atoms with Gasteiger partial charge in [-0.2, -0.15) is 0 Å². The Balaban J connectivity index is 1.95. The summed E-state index contributed by atoms with van der Waals surface area (Å²) in [6.45, 7) is 0. The first kappa shape index (κ1) is 13.8. The molecule has 2 heterocycles. The molecule has 116 valence electrons. The molecule has 1 aliphatic rings. The van der Waals surface area contributed by atoms with Gasteiger partial charge in [-0.25, -0.2) is 0 Å². The second-order valence-corrected chi connectivity index (χ2v) is 6.82. The normalized spacial score (nSPS) is 12.2. The van der Waals surface area contributed by atoms with E-state index in [1.165, 1.54) is 15.2 Å². The Hall–Kier alpha value is -2.65. The van der Waals surface area contributed by atoms with E-state index >= 15 is 0 Å². The van der Waals surface area contributed by atoms with Crippen molar-refractivity contribution in [2.45, 2.75) is 9.79 Å². The Kier molecular flexibility index (Phi) is 2.97. The average molecular weight is 330 g/mol. The van der Waals surface area contributed by atoms with E-state index in [9.17, 15) is 0 Å². The summed E-state index contributed by atoms with van der Waals surface area (Å²) in [4.78, 5) is 2.43. The summed E-state index contributed by atoms with van der Waals surface area (Å²) < 4.78 is 11.9. The third-order valence-electron chi connectivity index (χ3n) is 4.39. The van der Waals surface area contributed by atoms with Crippen molar-refractivity contribution >= 4 is 22.7 Å². The minimum Gasteiger partial charge on any atom is -0.496 e. The van der Waals surface area contributed by atoms with Gasteiger partial charge < -0.3 is 9.15 Å². The standard InChI is InChI=1S/C21H14O2S/c1-22-14-9-5-11-16-18(14)20-19-15(10-6-12-17(19)24-16)23-21(20)13-7-3-2-4-8-13/h2-12H,1H3. The fourth-order valence-electron chi connectivity index (χ4n) is 3.36. The summed E-state index contributed by atoms with van der Waals surface area (Å²) in [7, 11) is 1.72. The summed E-state index contributed by atoms with van der Waals surface area (Å²) in [6, 6.07) is 22.7. The number of hydrogen-bond donors (Lipinski definition) is 0. The van der Waals surface area contributed by atoms with Crippen LogP contribution in [0.2, 0.25) is 0 Å². The van der Waals surface area contributed by atoms with Crippen LogP contribution in [0.1, 0.15) is 0 Å². The molecule has 3 aromatic carbocycles. The topological polar surface area (TPSA) is 22.4 Å². The van der Waals surface area contributed by atoms with Crippen molar-refractivity contribution in [3.05, 3.63) is 66.7 Å². The number of hydrogen-bond acceptors (Lipinski definition) is 3. The van der Waals surface area contributed by atoms with Crippen molar-refractivity contribution in [1.29, 1.82) is 0 Å². The molecule has 1 aliphatic heterocycles. The molecule has 0 amide bonds. The highest BCUT2D eigenvalue weighted by Gasteiger charge is 2.28. The van der Waals surface area contributed by atoms with Crippen LogP contribution in [-0.4, -0.2) is 7.11 Å². The van der Waals surface area contributed by atoms with Crippen LogP contribution in [0.25, 0.3) is 33.4 Å². The van der Waals surface area contributed by atoms with Crippen LogP contribution in [0.15, 0.2) is 80.9 Å². The van der Waals surface area contributed by atoms with Gasteiger partial charge in [0.05, 0.1) is 7.11 Å². The number of ether oxygens (including phenoxy) is 1. The van der Waals surface area contributed by atoms with Crippen LogP contribution in [0, 0.1) is 0 Å². The lowest BCUT2D eigenvalue weighted by Crippen LogP contribution is -1.95. The molecule has 5 rings (SSSR count). The van der Waals surface area contributed by atoms with Crippen molar-refractivity contribution in [3.63, 3.8) is 0 Å². The minimum atomic E-state index is 0.884. The molecule has 0 radical (unpaired) electrons. The largest absolute Gasteiger partial charge is 0.496 e. The molecule has 0 spiro atoms. The summed E-state index contributed by atoms with van der Waals surface area (Å²) in [5.74, 6) is 1.79. The molecule has 0 unspecified atom stereocenters. The van der Waals surface area contributed by atoms with E-state index in [2.05, 4.69) is 30.3 Å². The van der Waals surface area contributed by atoms with Gasteiger partial charge in [0.25, 0.3) is 0 Å².